The number of benzene rings is 2. The summed E-state index contributed by atoms with van der Waals surface area (Å²) in [5.74, 6) is -0.986. The second kappa shape index (κ2) is 9.66. The van der Waals surface area contributed by atoms with Crippen molar-refractivity contribution in [3.05, 3.63) is 65.2 Å². The van der Waals surface area contributed by atoms with Crippen LogP contribution in [0.4, 0.5) is 5.69 Å². The van der Waals surface area contributed by atoms with Gasteiger partial charge in [0, 0.05) is 45.6 Å². The highest BCUT2D eigenvalue weighted by Gasteiger charge is 2.45. The number of likely N-dealkylation sites (tertiary alicyclic amines) is 1. The Hall–Kier alpha value is -3.32. The van der Waals surface area contributed by atoms with E-state index in [2.05, 4.69) is 0 Å². The first-order valence-corrected chi connectivity index (χ1v) is 10.1. The summed E-state index contributed by atoms with van der Waals surface area (Å²) >= 11 is 0. The molecule has 2 aromatic carbocycles. The van der Waals surface area contributed by atoms with Crippen molar-refractivity contribution in [2.45, 2.75) is 12.5 Å². The average molecular weight is 424 g/mol. The molecule has 1 amide bonds. The van der Waals surface area contributed by atoms with E-state index in [9.17, 15) is 14.7 Å². The van der Waals surface area contributed by atoms with E-state index in [0.29, 0.717) is 30.9 Å². The molecule has 0 bridgehead atoms. The minimum Gasteiger partial charge on any atom is -0.507 e. The fourth-order valence-electron chi connectivity index (χ4n) is 3.72. The molecule has 0 spiro atoms. The SMILES string of the molecule is COCCCN1C(=O)C(=O)/C(=C(\O)c2cccc(OC)c2)C1c1ccc(N(C)C)cc1. The maximum absolute atomic E-state index is 13.0. The van der Waals surface area contributed by atoms with Gasteiger partial charge in [0.2, 0.25) is 0 Å². The molecule has 1 heterocycles. The zero-order valence-electron chi connectivity index (χ0n) is 18.3. The van der Waals surface area contributed by atoms with Crippen molar-refractivity contribution in [2.75, 3.05) is 46.4 Å². The lowest BCUT2D eigenvalue weighted by molar-refractivity contribution is -0.140. The maximum atomic E-state index is 13.0. The van der Waals surface area contributed by atoms with Crippen molar-refractivity contribution < 1.29 is 24.2 Å². The molecule has 1 fully saturated rings. The molecule has 1 unspecified atom stereocenters. The van der Waals surface area contributed by atoms with E-state index in [1.165, 1.54) is 12.0 Å². The normalized spacial score (nSPS) is 17.8. The van der Waals surface area contributed by atoms with Crippen LogP contribution in [0.2, 0.25) is 0 Å². The number of ketones is 1. The number of carbonyl (C=O) groups is 2. The molecule has 1 saturated heterocycles. The third-order valence-electron chi connectivity index (χ3n) is 5.36. The fraction of sp³-hybridized carbons (Fsp3) is 0.333. The third-order valence-corrected chi connectivity index (χ3v) is 5.36. The molecule has 0 radical (unpaired) electrons. The minimum atomic E-state index is -0.695. The molecule has 3 rings (SSSR count). The van der Waals surface area contributed by atoms with Gasteiger partial charge in [-0.05, 0) is 36.2 Å². The van der Waals surface area contributed by atoms with Gasteiger partial charge >= 0.3 is 0 Å². The van der Waals surface area contributed by atoms with Gasteiger partial charge in [0.25, 0.3) is 11.7 Å². The van der Waals surface area contributed by atoms with E-state index in [1.807, 2.05) is 43.3 Å². The van der Waals surface area contributed by atoms with Gasteiger partial charge in [-0.15, -0.1) is 0 Å². The van der Waals surface area contributed by atoms with Crippen molar-refractivity contribution in [1.29, 1.82) is 0 Å². The summed E-state index contributed by atoms with van der Waals surface area (Å²) in [5, 5.41) is 11.1. The number of hydrogen-bond acceptors (Lipinski definition) is 6. The van der Waals surface area contributed by atoms with E-state index >= 15 is 0 Å². The zero-order valence-corrected chi connectivity index (χ0v) is 18.3. The van der Waals surface area contributed by atoms with Crippen LogP contribution in [0.3, 0.4) is 0 Å². The maximum Gasteiger partial charge on any atom is 0.295 e. The molecule has 7 heteroatoms. The van der Waals surface area contributed by atoms with Gasteiger partial charge in [-0.25, -0.2) is 0 Å². The van der Waals surface area contributed by atoms with Crippen LogP contribution in [-0.2, 0) is 14.3 Å². The molecule has 0 aliphatic carbocycles. The Kier molecular flexibility index (Phi) is 6.97. The molecule has 1 atom stereocenters. The molecule has 31 heavy (non-hydrogen) atoms. The summed E-state index contributed by atoms with van der Waals surface area (Å²) in [5.41, 5.74) is 2.25. The Morgan fingerprint density at radius 2 is 1.81 bits per heavy atom. The van der Waals surface area contributed by atoms with Gasteiger partial charge in [0.05, 0.1) is 18.7 Å². The monoisotopic (exact) mass is 424 g/mol. The average Bonchev–Trinajstić information content (AvgIpc) is 3.03. The fourth-order valence-corrected chi connectivity index (χ4v) is 3.72. The number of anilines is 1. The molecule has 1 aliphatic rings. The Morgan fingerprint density at radius 1 is 1.10 bits per heavy atom. The summed E-state index contributed by atoms with van der Waals surface area (Å²) in [4.78, 5) is 29.4. The van der Waals surface area contributed by atoms with Crippen LogP contribution < -0.4 is 9.64 Å². The number of carbonyl (C=O) groups excluding carboxylic acids is 2. The minimum absolute atomic E-state index is 0.0771. The van der Waals surface area contributed by atoms with Crippen LogP contribution in [0.1, 0.15) is 23.6 Å². The van der Waals surface area contributed by atoms with Gasteiger partial charge in [0.15, 0.2) is 0 Å². The second-order valence-corrected chi connectivity index (χ2v) is 7.56. The molecular weight excluding hydrogens is 396 g/mol. The lowest BCUT2D eigenvalue weighted by Gasteiger charge is -2.26. The van der Waals surface area contributed by atoms with Gasteiger partial charge in [0.1, 0.15) is 11.5 Å². The van der Waals surface area contributed by atoms with Gasteiger partial charge in [-0.2, -0.15) is 0 Å². The van der Waals surface area contributed by atoms with Crippen LogP contribution in [0, 0.1) is 0 Å². The summed E-state index contributed by atoms with van der Waals surface area (Å²) in [6.07, 6.45) is 0.578. The predicted molar refractivity (Wildman–Crippen MR) is 119 cm³/mol. The van der Waals surface area contributed by atoms with Crippen molar-refractivity contribution in [2.24, 2.45) is 0 Å². The van der Waals surface area contributed by atoms with E-state index in [0.717, 1.165) is 11.3 Å². The molecule has 164 valence electrons. The number of aliphatic hydroxyl groups excluding tert-OH is 1. The van der Waals surface area contributed by atoms with E-state index in [4.69, 9.17) is 9.47 Å². The number of rotatable bonds is 8. The van der Waals surface area contributed by atoms with Gasteiger partial charge in [-0.3, -0.25) is 9.59 Å². The Labute approximate surface area is 182 Å². The molecule has 1 N–H and O–H groups in total. The van der Waals surface area contributed by atoms with Crippen LogP contribution in [0.5, 0.6) is 5.75 Å². The molecule has 7 nitrogen and oxygen atoms in total. The van der Waals surface area contributed by atoms with E-state index < -0.39 is 17.7 Å². The molecule has 0 saturated carbocycles. The number of aliphatic hydroxyl groups is 1. The Bertz CT molecular complexity index is 982. The summed E-state index contributed by atoms with van der Waals surface area (Å²) in [6.45, 7) is 0.804. The van der Waals surface area contributed by atoms with Crippen LogP contribution in [0.25, 0.3) is 5.76 Å². The first-order valence-electron chi connectivity index (χ1n) is 10.1. The van der Waals surface area contributed by atoms with E-state index in [-0.39, 0.29) is 11.3 Å². The van der Waals surface area contributed by atoms with Crippen LogP contribution in [-0.4, -0.2) is 63.2 Å². The van der Waals surface area contributed by atoms with Crippen LogP contribution >= 0.6 is 0 Å². The number of nitrogens with zero attached hydrogens (tertiary/aromatic N) is 2. The van der Waals surface area contributed by atoms with Crippen LogP contribution in [0.15, 0.2) is 54.1 Å². The lowest BCUT2D eigenvalue weighted by atomic mass is 9.95. The molecule has 2 aromatic rings. The Morgan fingerprint density at radius 3 is 2.42 bits per heavy atom. The predicted octanol–water partition coefficient (Wildman–Crippen LogP) is 3.22. The quantitative estimate of drug-likeness (QED) is 0.303. The Balaban J connectivity index is 2.11. The van der Waals surface area contributed by atoms with Crippen molar-refractivity contribution in [1.82, 2.24) is 4.90 Å². The largest absolute Gasteiger partial charge is 0.507 e. The zero-order chi connectivity index (χ0) is 22.5. The highest BCUT2D eigenvalue weighted by molar-refractivity contribution is 6.46. The number of methoxy groups -OCH3 is 2. The van der Waals surface area contributed by atoms with E-state index in [1.54, 1.807) is 31.4 Å². The highest BCUT2D eigenvalue weighted by atomic mass is 16.5. The van der Waals surface area contributed by atoms with Crippen molar-refractivity contribution in [3.63, 3.8) is 0 Å². The molecule has 1 aliphatic heterocycles. The molecular formula is C24H28N2O5. The van der Waals surface area contributed by atoms with Gasteiger partial charge < -0.3 is 24.4 Å². The number of ether oxygens (including phenoxy) is 2. The van der Waals surface area contributed by atoms with Gasteiger partial charge in [-0.1, -0.05) is 24.3 Å². The molecule has 0 aromatic heterocycles. The van der Waals surface area contributed by atoms with Crippen molar-refractivity contribution in [3.8, 4) is 5.75 Å². The summed E-state index contributed by atoms with van der Waals surface area (Å²) < 4.78 is 10.3. The number of hydrogen-bond donors (Lipinski definition) is 1. The third kappa shape index (κ3) is 4.56. The number of Topliss-reactive ketones (excluding diaryl/α,β-unsaturated/α-hetero) is 1. The lowest BCUT2D eigenvalue weighted by Crippen LogP contribution is -2.31. The summed E-state index contributed by atoms with van der Waals surface area (Å²) in [7, 11) is 7.00. The first-order chi connectivity index (χ1) is 14.9. The first kappa shape index (κ1) is 22.4. The standard InChI is InChI=1S/C24H28N2O5/c1-25(2)18-11-9-16(10-12-18)21-20(22(27)17-7-5-8-19(15-17)31-4)23(28)24(29)26(21)13-6-14-30-3/h5,7-12,15,21,27H,6,13-14H2,1-4H3/b22-20-. The summed E-state index contributed by atoms with van der Waals surface area (Å²) in [6, 6.07) is 13.7. The van der Waals surface area contributed by atoms with Crippen molar-refractivity contribution >= 4 is 23.1 Å². The number of amides is 1. The smallest absolute Gasteiger partial charge is 0.295 e. The second-order valence-electron chi connectivity index (χ2n) is 7.56. The highest BCUT2D eigenvalue weighted by Crippen LogP contribution is 2.40. The topological polar surface area (TPSA) is 79.3 Å².